The van der Waals surface area contributed by atoms with Crippen LogP contribution in [-0.2, 0) is 15.6 Å². The molecule has 0 saturated heterocycles. The van der Waals surface area contributed by atoms with E-state index < -0.39 is 5.97 Å². The summed E-state index contributed by atoms with van der Waals surface area (Å²) in [6, 6.07) is 6.44. The number of benzene rings is 1. The topological polar surface area (TPSA) is 46.5 Å². The van der Waals surface area contributed by atoms with Crippen LogP contribution in [0.4, 0.5) is 0 Å². The Kier molecular flexibility index (Phi) is 6.88. The molecule has 1 unspecified atom stereocenters. The van der Waals surface area contributed by atoms with Crippen molar-refractivity contribution in [1.82, 2.24) is 0 Å². The maximum Gasteiger partial charge on any atom is 0.303 e. The van der Waals surface area contributed by atoms with Gasteiger partial charge in [-0.25, -0.2) is 0 Å². The van der Waals surface area contributed by atoms with Crippen LogP contribution in [0.15, 0.2) is 18.2 Å². The second kappa shape index (κ2) is 8.04. The number of ether oxygens (including phenoxy) is 1. The standard InChI is InChI=1S/C21H34O3/c1-8-9-16(11-13-19(22)23)24-18-12-10-15(20(2,3)4)14-17(18)21(5,6)7/h10,12,14,16H,8-9,11,13H2,1-7H3,(H,22,23). The Morgan fingerprint density at radius 3 is 2.17 bits per heavy atom. The molecule has 24 heavy (non-hydrogen) atoms. The molecule has 0 aliphatic heterocycles. The zero-order valence-corrected chi connectivity index (χ0v) is 16.4. The minimum Gasteiger partial charge on any atom is -0.490 e. The van der Waals surface area contributed by atoms with Gasteiger partial charge in [-0.15, -0.1) is 0 Å². The van der Waals surface area contributed by atoms with Crippen LogP contribution in [-0.4, -0.2) is 17.2 Å². The Bertz CT molecular complexity index is 547. The predicted octanol–water partition coefficient (Wildman–Crippen LogP) is 5.69. The molecule has 3 heteroatoms. The summed E-state index contributed by atoms with van der Waals surface area (Å²) in [5, 5.41) is 8.95. The van der Waals surface area contributed by atoms with Gasteiger partial charge in [0.25, 0.3) is 0 Å². The van der Waals surface area contributed by atoms with Crippen LogP contribution < -0.4 is 4.74 Å². The molecule has 1 rings (SSSR count). The monoisotopic (exact) mass is 334 g/mol. The van der Waals surface area contributed by atoms with Crippen LogP contribution in [0.25, 0.3) is 0 Å². The highest BCUT2D eigenvalue weighted by Gasteiger charge is 2.24. The smallest absolute Gasteiger partial charge is 0.303 e. The third-order valence-corrected chi connectivity index (χ3v) is 4.24. The molecule has 0 heterocycles. The van der Waals surface area contributed by atoms with Gasteiger partial charge in [-0.05, 0) is 40.9 Å². The van der Waals surface area contributed by atoms with Crippen molar-refractivity contribution in [2.75, 3.05) is 0 Å². The van der Waals surface area contributed by atoms with Gasteiger partial charge in [0.1, 0.15) is 5.75 Å². The van der Waals surface area contributed by atoms with Gasteiger partial charge in [0, 0.05) is 6.42 Å². The predicted molar refractivity (Wildman–Crippen MR) is 100 cm³/mol. The molecule has 3 nitrogen and oxygen atoms in total. The fourth-order valence-corrected chi connectivity index (χ4v) is 2.73. The molecule has 0 radical (unpaired) electrons. The molecular formula is C21H34O3. The van der Waals surface area contributed by atoms with Gasteiger partial charge in [0.2, 0.25) is 0 Å². The quantitative estimate of drug-likeness (QED) is 0.696. The summed E-state index contributed by atoms with van der Waals surface area (Å²) in [5.41, 5.74) is 2.54. The molecule has 0 fully saturated rings. The first kappa shape index (κ1) is 20.5. The normalized spacial score (nSPS) is 13.6. The van der Waals surface area contributed by atoms with E-state index in [2.05, 4.69) is 66.7 Å². The summed E-state index contributed by atoms with van der Waals surface area (Å²) >= 11 is 0. The maximum atomic E-state index is 10.9. The second-order valence-electron chi connectivity index (χ2n) is 8.67. The van der Waals surface area contributed by atoms with Gasteiger partial charge in [-0.1, -0.05) is 67.0 Å². The van der Waals surface area contributed by atoms with Gasteiger partial charge >= 0.3 is 5.97 Å². The molecule has 1 N–H and O–H groups in total. The lowest BCUT2D eigenvalue weighted by atomic mass is 9.80. The number of carboxylic acid groups (broad SMARTS) is 1. The van der Waals surface area contributed by atoms with Crippen molar-refractivity contribution in [3.63, 3.8) is 0 Å². The van der Waals surface area contributed by atoms with Crippen LogP contribution in [0.1, 0.15) is 85.3 Å². The summed E-state index contributed by atoms with van der Waals surface area (Å²) in [6.07, 6.45) is 2.50. The van der Waals surface area contributed by atoms with Gasteiger partial charge in [0.05, 0.1) is 6.10 Å². The molecule has 0 spiro atoms. The van der Waals surface area contributed by atoms with Crippen LogP contribution >= 0.6 is 0 Å². The van der Waals surface area contributed by atoms with Crippen LogP contribution in [0.2, 0.25) is 0 Å². The summed E-state index contributed by atoms with van der Waals surface area (Å²) in [7, 11) is 0. The molecule has 0 saturated carbocycles. The van der Waals surface area contributed by atoms with Crippen molar-refractivity contribution >= 4 is 5.97 Å². The molecule has 0 aromatic heterocycles. The summed E-state index contributed by atoms with van der Waals surface area (Å²) < 4.78 is 6.27. The van der Waals surface area contributed by atoms with E-state index >= 15 is 0 Å². The van der Waals surface area contributed by atoms with Crippen molar-refractivity contribution in [2.45, 2.75) is 91.1 Å². The van der Waals surface area contributed by atoms with E-state index in [9.17, 15) is 4.79 Å². The third-order valence-electron chi connectivity index (χ3n) is 4.24. The van der Waals surface area contributed by atoms with Gasteiger partial charge in [0.15, 0.2) is 0 Å². The largest absolute Gasteiger partial charge is 0.490 e. The van der Waals surface area contributed by atoms with E-state index in [0.717, 1.165) is 18.6 Å². The van der Waals surface area contributed by atoms with Crippen molar-refractivity contribution in [3.8, 4) is 5.75 Å². The number of carbonyl (C=O) groups is 1. The first-order valence-corrected chi connectivity index (χ1v) is 8.98. The van der Waals surface area contributed by atoms with Crippen LogP contribution in [0.3, 0.4) is 0 Å². The van der Waals surface area contributed by atoms with Crippen molar-refractivity contribution < 1.29 is 14.6 Å². The minimum absolute atomic E-state index is 0.0276. The highest BCUT2D eigenvalue weighted by molar-refractivity contribution is 5.66. The van der Waals surface area contributed by atoms with Gasteiger partial charge in [-0.2, -0.15) is 0 Å². The highest BCUT2D eigenvalue weighted by atomic mass is 16.5. The highest BCUT2D eigenvalue weighted by Crippen LogP contribution is 2.36. The summed E-state index contributed by atoms with van der Waals surface area (Å²) in [6.45, 7) is 15.3. The molecule has 0 aliphatic carbocycles. The maximum absolute atomic E-state index is 10.9. The van der Waals surface area contributed by atoms with E-state index in [4.69, 9.17) is 9.84 Å². The first-order valence-electron chi connectivity index (χ1n) is 8.98. The Labute approximate surface area is 147 Å². The van der Waals surface area contributed by atoms with E-state index in [1.807, 2.05) is 0 Å². The van der Waals surface area contributed by atoms with E-state index in [-0.39, 0.29) is 23.4 Å². The SMILES string of the molecule is CCCC(CCC(=O)O)Oc1ccc(C(C)(C)C)cc1C(C)(C)C. The number of hydrogen-bond acceptors (Lipinski definition) is 2. The van der Waals surface area contributed by atoms with Crippen molar-refractivity contribution in [3.05, 3.63) is 29.3 Å². The average molecular weight is 335 g/mol. The number of carboxylic acids is 1. The van der Waals surface area contributed by atoms with E-state index in [0.29, 0.717) is 6.42 Å². The average Bonchev–Trinajstić information content (AvgIpc) is 2.43. The van der Waals surface area contributed by atoms with Crippen molar-refractivity contribution in [1.29, 1.82) is 0 Å². The van der Waals surface area contributed by atoms with Crippen LogP contribution in [0.5, 0.6) is 5.75 Å². The molecule has 1 aromatic carbocycles. The minimum atomic E-state index is -0.765. The van der Waals surface area contributed by atoms with Crippen LogP contribution in [0, 0.1) is 0 Å². The summed E-state index contributed by atoms with van der Waals surface area (Å²) in [5.74, 6) is 0.123. The Morgan fingerprint density at radius 2 is 1.71 bits per heavy atom. The zero-order chi connectivity index (χ0) is 18.5. The second-order valence-corrected chi connectivity index (χ2v) is 8.67. The van der Waals surface area contributed by atoms with E-state index in [1.54, 1.807) is 0 Å². The Hall–Kier alpha value is -1.51. The molecular weight excluding hydrogens is 300 g/mol. The van der Waals surface area contributed by atoms with Gasteiger partial charge in [-0.3, -0.25) is 4.79 Å². The van der Waals surface area contributed by atoms with E-state index in [1.165, 1.54) is 11.1 Å². The molecule has 136 valence electrons. The third kappa shape index (κ3) is 6.18. The molecule has 1 atom stereocenters. The summed E-state index contributed by atoms with van der Waals surface area (Å²) in [4.78, 5) is 10.9. The fraction of sp³-hybridized carbons (Fsp3) is 0.667. The Balaban J connectivity index is 3.14. The molecule has 1 aromatic rings. The fourth-order valence-electron chi connectivity index (χ4n) is 2.73. The number of hydrogen-bond donors (Lipinski definition) is 1. The number of rotatable bonds is 7. The molecule has 0 amide bonds. The zero-order valence-electron chi connectivity index (χ0n) is 16.4. The number of aliphatic carboxylic acids is 1. The Morgan fingerprint density at radius 1 is 1.08 bits per heavy atom. The van der Waals surface area contributed by atoms with Crippen molar-refractivity contribution in [2.24, 2.45) is 0 Å². The lowest BCUT2D eigenvalue weighted by molar-refractivity contribution is -0.137. The van der Waals surface area contributed by atoms with Gasteiger partial charge < -0.3 is 9.84 Å². The lowest BCUT2D eigenvalue weighted by Gasteiger charge is -2.29. The molecule has 0 aliphatic rings. The lowest BCUT2D eigenvalue weighted by Crippen LogP contribution is -2.22. The first-order chi connectivity index (χ1) is 10.9. The molecule has 0 bridgehead atoms.